The maximum atomic E-state index is 12.4. The lowest BCUT2D eigenvalue weighted by molar-refractivity contribution is -0.122. The molecule has 0 atom stereocenters. The Morgan fingerprint density at radius 3 is 2.50 bits per heavy atom. The fraction of sp³-hybridized carbons (Fsp3) is 0.250. The van der Waals surface area contributed by atoms with Crippen LogP contribution in [0.1, 0.15) is 35.9 Å². The summed E-state index contributed by atoms with van der Waals surface area (Å²) in [6, 6.07) is 11.5. The molecule has 1 aromatic heterocycles. The Morgan fingerprint density at radius 1 is 1.19 bits per heavy atom. The summed E-state index contributed by atoms with van der Waals surface area (Å²) in [5.41, 5.74) is 4.48. The van der Waals surface area contributed by atoms with Gasteiger partial charge in [0.15, 0.2) is 0 Å². The van der Waals surface area contributed by atoms with E-state index in [-0.39, 0.29) is 11.1 Å². The van der Waals surface area contributed by atoms with E-state index in [1.54, 1.807) is 18.2 Å². The summed E-state index contributed by atoms with van der Waals surface area (Å²) >= 11 is 0.994. The minimum absolute atomic E-state index is 0.205. The fourth-order valence-corrected chi connectivity index (χ4v) is 3.93. The maximum absolute atomic E-state index is 12.4. The first-order chi connectivity index (χ1) is 12.5. The first-order valence-electron chi connectivity index (χ1n) is 8.41. The standard InChI is InChI=1S/C20H19N3O2S/c1-4-9-22-19(24)18(26-20(22)25)11-16-10-13(2)23(14(16)3)17-7-5-15(12-21)6-8-17/h5-8,10-11H,4,9H2,1-3H3/b18-11+. The van der Waals surface area contributed by atoms with Gasteiger partial charge in [-0.3, -0.25) is 14.5 Å². The molecule has 0 aliphatic carbocycles. The molecule has 1 aliphatic heterocycles. The quantitative estimate of drug-likeness (QED) is 0.753. The van der Waals surface area contributed by atoms with Crippen molar-refractivity contribution < 1.29 is 9.59 Å². The van der Waals surface area contributed by atoms with Crippen LogP contribution in [-0.2, 0) is 4.79 Å². The van der Waals surface area contributed by atoms with Crippen LogP contribution in [0.5, 0.6) is 0 Å². The Morgan fingerprint density at radius 2 is 1.88 bits per heavy atom. The first-order valence-corrected chi connectivity index (χ1v) is 9.22. The summed E-state index contributed by atoms with van der Waals surface area (Å²) in [6.45, 7) is 6.36. The number of hydrogen-bond donors (Lipinski definition) is 0. The highest BCUT2D eigenvalue weighted by atomic mass is 32.2. The predicted octanol–water partition coefficient (Wildman–Crippen LogP) is 4.41. The van der Waals surface area contributed by atoms with E-state index in [1.807, 2.05) is 39.0 Å². The Bertz CT molecular complexity index is 949. The topological polar surface area (TPSA) is 66.1 Å². The highest BCUT2D eigenvalue weighted by molar-refractivity contribution is 8.18. The number of thioether (sulfide) groups is 1. The predicted molar refractivity (Wildman–Crippen MR) is 103 cm³/mol. The average Bonchev–Trinajstić information content (AvgIpc) is 3.05. The number of benzene rings is 1. The van der Waals surface area contributed by atoms with Gasteiger partial charge in [-0.2, -0.15) is 5.26 Å². The molecular weight excluding hydrogens is 346 g/mol. The number of aromatic nitrogens is 1. The number of carbonyl (C=O) groups is 2. The third-order valence-electron chi connectivity index (χ3n) is 4.33. The number of nitrogens with zero attached hydrogens (tertiary/aromatic N) is 3. The smallest absolute Gasteiger partial charge is 0.293 e. The molecule has 2 heterocycles. The van der Waals surface area contributed by atoms with E-state index in [0.717, 1.165) is 40.8 Å². The normalized spacial score (nSPS) is 15.8. The largest absolute Gasteiger partial charge is 0.318 e. The summed E-state index contributed by atoms with van der Waals surface area (Å²) in [4.78, 5) is 26.2. The van der Waals surface area contributed by atoms with E-state index in [9.17, 15) is 9.59 Å². The zero-order valence-corrected chi connectivity index (χ0v) is 15.8. The fourth-order valence-electron chi connectivity index (χ4n) is 3.07. The van der Waals surface area contributed by atoms with Crippen molar-refractivity contribution in [2.24, 2.45) is 0 Å². The van der Waals surface area contributed by atoms with Gasteiger partial charge in [-0.1, -0.05) is 6.92 Å². The molecular formula is C20H19N3O2S. The van der Waals surface area contributed by atoms with Gasteiger partial charge < -0.3 is 4.57 Å². The lowest BCUT2D eigenvalue weighted by atomic mass is 10.2. The number of imide groups is 1. The van der Waals surface area contributed by atoms with Gasteiger partial charge in [0.05, 0.1) is 16.5 Å². The van der Waals surface area contributed by atoms with Crippen LogP contribution < -0.4 is 0 Å². The minimum Gasteiger partial charge on any atom is -0.318 e. The van der Waals surface area contributed by atoms with E-state index in [2.05, 4.69) is 10.6 Å². The number of rotatable bonds is 4. The molecule has 0 unspecified atom stereocenters. The van der Waals surface area contributed by atoms with E-state index >= 15 is 0 Å². The van der Waals surface area contributed by atoms with Gasteiger partial charge in [-0.25, -0.2) is 0 Å². The van der Waals surface area contributed by atoms with Crippen LogP contribution in [-0.4, -0.2) is 27.2 Å². The number of carbonyl (C=O) groups excluding carboxylic acids is 2. The van der Waals surface area contributed by atoms with Crippen molar-refractivity contribution in [1.82, 2.24) is 9.47 Å². The molecule has 1 saturated heterocycles. The van der Waals surface area contributed by atoms with Crippen LogP contribution in [0.2, 0.25) is 0 Å². The second-order valence-corrected chi connectivity index (χ2v) is 7.15. The number of hydrogen-bond acceptors (Lipinski definition) is 4. The van der Waals surface area contributed by atoms with Crippen molar-refractivity contribution >= 4 is 29.0 Å². The highest BCUT2D eigenvalue weighted by Gasteiger charge is 2.34. The van der Waals surface area contributed by atoms with Gasteiger partial charge in [-0.15, -0.1) is 0 Å². The van der Waals surface area contributed by atoms with Crippen molar-refractivity contribution in [1.29, 1.82) is 5.26 Å². The molecule has 3 rings (SSSR count). The Labute approximate surface area is 156 Å². The van der Waals surface area contributed by atoms with Gasteiger partial charge >= 0.3 is 0 Å². The van der Waals surface area contributed by atoms with Crippen LogP contribution in [0, 0.1) is 25.2 Å². The Hall–Kier alpha value is -2.78. The third-order valence-corrected chi connectivity index (χ3v) is 5.24. The summed E-state index contributed by atoms with van der Waals surface area (Å²) in [7, 11) is 0. The van der Waals surface area contributed by atoms with Crippen LogP contribution in [0.3, 0.4) is 0 Å². The summed E-state index contributed by atoms with van der Waals surface area (Å²) < 4.78 is 2.07. The first kappa shape index (κ1) is 18.0. The van der Waals surface area contributed by atoms with Gasteiger partial charge in [-0.05, 0) is 74.0 Å². The lowest BCUT2D eigenvalue weighted by Gasteiger charge is -2.10. The molecule has 2 amide bonds. The molecule has 5 nitrogen and oxygen atoms in total. The highest BCUT2D eigenvalue weighted by Crippen LogP contribution is 2.33. The average molecular weight is 365 g/mol. The van der Waals surface area contributed by atoms with Crippen LogP contribution >= 0.6 is 11.8 Å². The van der Waals surface area contributed by atoms with Crippen molar-refractivity contribution in [2.45, 2.75) is 27.2 Å². The van der Waals surface area contributed by atoms with E-state index in [0.29, 0.717) is 17.0 Å². The second-order valence-electron chi connectivity index (χ2n) is 6.15. The third kappa shape index (κ3) is 3.18. The summed E-state index contributed by atoms with van der Waals surface area (Å²) in [6.07, 6.45) is 2.54. The number of amides is 2. The molecule has 0 radical (unpaired) electrons. The molecule has 0 N–H and O–H groups in total. The van der Waals surface area contributed by atoms with E-state index < -0.39 is 0 Å². The molecule has 1 fully saturated rings. The minimum atomic E-state index is -0.218. The Kier molecular flexibility index (Phi) is 5.01. The molecule has 0 saturated carbocycles. The Balaban J connectivity index is 1.97. The van der Waals surface area contributed by atoms with Gasteiger partial charge in [0.2, 0.25) is 0 Å². The maximum Gasteiger partial charge on any atom is 0.293 e. The van der Waals surface area contributed by atoms with Crippen LogP contribution in [0.4, 0.5) is 4.79 Å². The monoisotopic (exact) mass is 365 g/mol. The van der Waals surface area contributed by atoms with Crippen LogP contribution in [0.15, 0.2) is 35.2 Å². The molecule has 2 aromatic rings. The van der Waals surface area contributed by atoms with Crippen molar-refractivity contribution in [3.8, 4) is 11.8 Å². The molecule has 0 spiro atoms. The van der Waals surface area contributed by atoms with Crippen LogP contribution in [0.25, 0.3) is 11.8 Å². The van der Waals surface area contributed by atoms with Crippen molar-refractivity contribution in [2.75, 3.05) is 6.54 Å². The lowest BCUT2D eigenvalue weighted by Crippen LogP contribution is -2.28. The molecule has 26 heavy (non-hydrogen) atoms. The van der Waals surface area contributed by atoms with Gasteiger partial charge in [0, 0.05) is 23.6 Å². The zero-order chi connectivity index (χ0) is 18.8. The second kappa shape index (κ2) is 7.22. The molecule has 1 aliphatic rings. The molecule has 132 valence electrons. The molecule has 6 heteroatoms. The number of aryl methyl sites for hydroxylation is 1. The summed E-state index contributed by atoms with van der Waals surface area (Å²) in [5.74, 6) is -0.218. The van der Waals surface area contributed by atoms with E-state index in [1.165, 1.54) is 4.90 Å². The van der Waals surface area contributed by atoms with Gasteiger partial charge in [0.1, 0.15) is 0 Å². The van der Waals surface area contributed by atoms with Gasteiger partial charge in [0.25, 0.3) is 11.1 Å². The summed E-state index contributed by atoms with van der Waals surface area (Å²) in [5, 5.41) is 8.74. The zero-order valence-electron chi connectivity index (χ0n) is 14.9. The SMILES string of the molecule is CCCN1C(=O)S/C(=C/c2cc(C)n(-c3ccc(C#N)cc3)c2C)C1=O. The molecule has 1 aromatic carbocycles. The van der Waals surface area contributed by atoms with E-state index in [4.69, 9.17) is 5.26 Å². The molecule has 0 bridgehead atoms. The van der Waals surface area contributed by atoms with Crippen molar-refractivity contribution in [3.63, 3.8) is 0 Å². The number of nitriles is 1. The van der Waals surface area contributed by atoms with Crippen molar-refractivity contribution in [3.05, 3.63) is 57.8 Å².